The fourth-order valence-corrected chi connectivity index (χ4v) is 1.84. The first-order chi connectivity index (χ1) is 9.04. The van der Waals surface area contributed by atoms with Crippen LogP contribution in [0.5, 0.6) is 0 Å². The lowest BCUT2D eigenvalue weighted by atomic mass is 10.1. The molecule has 0 heterocycles. The van der Waals surface area contributed by atoms with Crippen LogP contribution in [0.15, 0.2) is 24.3 Å². The molecule has 4 heteroatoms. The minimum atomic E-state index is 0.130. The summed E-state index contributed by atoms with van der Waals surface area (Å²) in [7, 11) is 5.83. The lowest BCUT2D eigenvalue weighted by Crippen LogP contribution is -2.25. The van der Waals surface area contributed by atoms with Crippen LogP contribution in [0.2, 0.25) is 0 Å². The van der Waals surface area contributed by atoms with Crippen LogP contribution in [-0.4, -0.2) is 43.7 Å². The molecule has 0 spiro atoms. The molecule has 0 aliphatic carbocycles. The largest absolute Gasteiger partial charge is 0.396 e. The molecule has 0 aromatic heterocycles. The third kappa shape index (κ3) is 5.30. The Hall–Kier alpha value is -1.55. The third-order valence-corrected chi connectivity index (χ3v) is 3.10. The molecule has 1 aromatic rings. The standard InChI is InChI=1S/C15H24N2O2/c1-16(2)14-9-7-13(8-10-14)12-17(3)15(19)6-4-5-11-18/h7-10,18H,4-6,11-12H2,1-3H3. The first kappa shape index (κ1) is 15.5. The summed E-state index contributed by atoms with van der Waals surface area (Å²) in [4.78, 5) is 15.6. The van der Waals surface area contributed by atoms with Crippen LogP contribution in [0.3, 0.4) is 0 Å². The number of hydrogen-bond acceptors (Lipinski definition) is 3. The number of carbonyl (C=O) groups is 1. The van der Waals surface area contributed by atoms with E-state index >= 15 is 0 Å². The Morgan fingerprint density at radius 1 is 1.11 bits per heavy atom. The average Bonchev–Trinajstić information content (AvgIpc) is 2.39. The summed E-state index contributed by atoms with van der Waals surface area (Å²) in [5.41, 5.74) is 2.28. The fourth-order valence-electron chi connectivity index (χ4n) is 1.84. The highest BCUT2D eigenvalue weighted by atomic mass is 16.3. The van der Waals surface area contributed by atoms with E-state index in [4.69, 9.17) is 5.11 Å². The predicted octanol–water partition coefficient (Wildman–Crippen LogP) is 1.87. The number of aliphatic hydroxyl groups is 1. The van der Waals surface area contributed by atoms with Gasteiger partial charge in [0.1, 0.15) is 0 Å². The number of nitrogens with zero attached hydrogens (tertiary/aromatic N) is 2. The summed E-state index contributed by atoms with van der Waals surface area (Å²) < 4.78 is 0. The number of carbonyl (C=O) groups excluding carboxylic acids is 1. The van der Waals surface area contributed by atoms with E-state index in [0.717, 1.165) is 17.7 Å². The highest BCUT2D eigenvalue weighted by Crippen LogP contribution is 2.13. The summed E-state index contributed by atoms with van der Waals surface area (Å²) >= 11 is 0. The number of amides is 1. The van der Waals surface area contributed by atoms with Gasteiger partial charge in [0.2, 0.25) is 5.91 Å². The Morgan fingerprint density at radius 3 is 2.26 bits per heavy atom. The van der Waals surface area contributed by atoms with Crippen molar-refractivity contribution in [2.75, 3.05) is 32.6 Å². The van der Waals surface area contributed by atoms with Crippen LogP contribution in [0, 0.1) is 0 Å². The SMILES string of the molecule is CN(Cc1ccc(N(C)C)cc1)C(=O)CCCCO. The Labute approximate surface area is 115 Å². The summed E-state index contributed by atoms with van der Waals surface area (Å²) in [6.45, 7) is 0.786. The molecule has 0 unspecified atom stereocenters. The summed E-state index contributed by atoms with van der Waals surface area (Å²) in [5, 5.41) is 8.69. The van der Waals surface area contributed by atoms with E-state index in [2.05, 4.69) is 12.1 Å². The quantitative estimate of drug-likeness (QED) is 0.765. The number of rotatable bonds is 7. The normalized spacial score (nSPS) is 10.3. The van der Waals surface area contributed by atoms with Crippen LogP contribution in [0.4, 0.5) is 5.69 Å². The molecule has 0 radical (unpaired) electrons. The summed E-state index contributed by atoms with van der Waals surface area (Å²) in [6.07, 6.45) is 1.95. The van der Waals surface area contributed by atoms with Gasteiger partial charge in [-0.05, 0) is 30.5 Å². The first-order valence-corrected chi connectivity index (χ1v) is 6.65. The van der Waals surface area contributed by atoms with E-state index in [1.54, 1.807) is 4.90 Å². The highest BCUT2D eigenvalue weighted by molar-refractivity contribution is 5.75. The molecule has 0 fully saturated rings. The molecule has 1 N–H and O–H groups in total. The number of aliphatic hydroxyl groups excluding tert-OH is 1. The first-order valence-electron chi connectivity index (χ1n) is 6.65. The molecule has 106 valence electrons. The maximum Gasteiger partial charge on any atom is 0.222 e. The van der Waals surface area contributed by atoms with Crippen LogP contribution in [0.1, 0.15) is 24.8 Å². The van der Waals surface area contributed by atoms with Gasteiger partial charge < -0.3 is 14.9 Å². The van der Waals surface area contributed by atoms with Gasteiger partial charge >= 0.3 is 0 Å². The molecule has 0 bridgehead atoms. The van der Waals surface area contributed by atoms with Crippen LogP contribution in [0.25, 0.3) is 0 Å². The van der Waals surface area contributed by atoms with Crippen LogP contribution in [-0.2, 0) is 11.3 Å². The topological polar surface area (TPSA) is 43.8 Å². The monoisotopic (exact) mass is 264 g/mol. The molecule has 1 amide bonds. The molecule has 1 rings (SSSR count). The smallest absolute Gasteiger partial charge is 0.222 e. The summed E-state index contributed by atoms with van der Waals surface area (Å²) in [6, 6.07) is 8.21. The Kier molecular flexibility index (Phi) is 6.36. The van der Waals surface area contributed by atoms with E-state index in [-0.39, 0.29) is 12.5 Å². The zero-order chi connectivity index (χ0) is 14.3. The minimum Gasteiger partial charge on any atom is -0.396 e. The van der Waals surface area contributed by atoms with E-state index in [9.17, 15) is 4.79 Å². The van der Waals surface area contributed by atoms with Gasteiger partial charge in [-0.3, -0.25) is 4.79 Å². The van der Waals surface area contributed by atoms with Crippen molar-refractivity contribution in [1.82, 2.24) is 4.90 Å². The van der Waals surface area contributed by atoms with E-state index in [1.807, 2.05) is 38.2 Å². The second-order valence-corrected chi connectivity index (χ2v) is 4.99. The van der Waals surface area contributed by atoms with Gasteiger partial charge in [-0.15, -0.1) is 0 Å². The second kappa shape index (κ2) is 7.79. The number of hydrogen-bond donors (Lipinski definition) is 1. The van der Waals surface area contributed by atoms with Crippen molar-refractivity contribution in [3.05, 3.63) is 29.8 Å². The van der Waals surface area contributed by atoms with E-state index in [0.29, 0.717) is 19.4 Å². The van der Waals surface area contributed by atoms with Crippen molar-refractivity contribution in [2.24, 2.45) is 0 Å². The molecule has 4 nitrogen and oxygen atoms in total. The summed E-state index contributed by atoms with van der Waals surface area (Å²) in [5.74, 6) is 0.130. The molecule has 19 heavy (non-hydrogen) atoms. The number of unbranched alkanes of at least 4 members (excludes halogenated alkanes) is 1. The van der Waals surface area contributed by atoms with E-state index in [1.165, 1.54) is 0 Å². The molecule has 0 saturated heterocycles. The number of benzene rings is 1. The molecular formula is C15H24N2O2. The van der Waals surface area contributed by atoms with Crippen molar-refractivity contribution in [3.63, 3.8) is 0 Å². The van der Waals surface area contributed by atoms with Crippen molar-refractivity contribution in [3.8, 4) is 0 Å². The Bertz CT molecular complexity index is 388. The molecule has 0 aliphatic heterocycles. The van der Waals surface area contributed by atoms with E-state index < -0.39 is 0 Å². The van der Waals surface area contributed by atoms with Crippen molar-refractivity contribution >= 4 is 11.6 Å². The number of anilines is 1. The average molecular weight is 264 g/mol. The lowest BCUT2D eigenvalue weighted by Gasteiger charge is -2.18. The van der Waals surface area contributed by atoms with Crippen molar-refractivity contribution < 1.29 is 9.90 Å². The third-order valence-electron chi connectivity index (χ3n) is 3.10. The Balaban J connectivity index is 2.47. The maximum absolute atomic E-state index is 11.8. The van der Waals surface area contributed by atoms with Crippen LogP contribution >= 0.6 is 0 Å². The zero-order valence-electron chi connectivity index (χ0n) is 12.1. The van der Waals surface area contributed by atoms with Gasteiger partial charge in [-0.1, -0.05) is 12.1 Å². The van der Waals surface area contributed by atoms with Crippen molar-refractivity contribution in [2.45, 2.75) is 25.8 Å². The van der Waals surface area contributed by atoms with Gasteiger partial charge in [-0.2, -0.15) is 0 Å². The predicted molar refractivity (Wildman–Crippen MR) is 78.2 cm³/mol. The van der Waals surface area contributed by atoms with Gasteiger partial charge in [0, 0.05) is 46.4 Å². The van der Waals surface area contributed by atoms with Gasteiger partial charge in [0.05, 0.1) is 0 Å². The Morgan fingerprint density at radius 2 is 1.74 bits per heavy atom. The second-order valence-electron chi connectivity index (χ2n) is 4.99. The molecular weight excluding hydrogens is 240 g/mol. The van der Waals surface area contributed by atoms with Gasteiger partial charge in [0.25, 0.3) is 0 Å². The van der Waals surface area contributed by atoms with Gasteiger partial charge in [-0.25, -0.2) is 0 Å². The molecule has 1 aromatic carbocycles. The van der Waals surface area contributed by atoms with Crippen molar-refractivity contribution in [1.29, 1.82) is 0 Å². The maximum atomic E-state index is 11.8. The minimum absolute atomic E-state index is 0.130. The molecule has 0 atom stereocenters. The lowest BCUT2D eigenvalue weighted by molar-refractivity contribution is -0.130. The van der Waals surface area contributed by atoms with Crippen LogP contribution < -0.4 is 4.90 Å². The molecule has 0 saturated carbocycles. The molecule has 0 aliphatic rings. The zero-order valence-corrected chi connectivity index (χ0v) is 12.1. The highest BCUT2D eigenvalue weighted by Gasteiger charge is 2.08. The fraction of sp³-hybridized carbons (Fsp3) is 0.533. The van der Waals surface area contributed by atoms with Gasteiger partial charge in [0.15, 0.2) is 0 Å².